The fourth-order valence-electron chi connectivity index (χ4n) is 4.72. The molecule has 1 saturated carbocycles. The average Bonchev–Trinajstić information content (AvgIpc) is 3.39. The predicted molar refractivity (Wildman–Crippen MR) is 125 cm³/mol. The second kappa shape index (κ2) is 10.1. The molecule has 0 bridgehead atoms. The summed E-state index contributed by atoms with van der Waals surface area (Å²) >= 11 is 0. The maximum atomic E-state index is 5.46. The van der Waals surface area contributed by atoms with Gasteiger partial charge >= 0.3 is 0 Å². The lowest BCUT2D eigenvalue weighted by Crippen LogP contribution is -2.57. The van der Waals surface area contributed by atoms with Crippen LogP contribution in [0.3, 0.4) is 0 Å². The quantitative estimate of drug-likeness (QED) is 0.280. The lowest BCUT2D eigenvalue weighted by Gasteiger charge is -2.48. The summed E-state index contributed by atoms with van der Waals surface area (Å²) in [6.07, 6.45) is 9.46. The predicted octanol–water partition coefficient (Wildman–Crippen LogP) is 3.91. The number of fused-ring (bicyclic) bond motifs is 1. The van der Waals surface area contributed by atoms with Gasteiger partial charge in [-0.15, -0.1) is 24.0 Å². The number of nitrogens with zero attached hydrogens (tertiary/aromatic N) is 3. The van der Waals surface area contributed by atoms with E-state index < -0.39 is 0 Å². The monoisotopic (exact) mass is 498 g/mol. The molecule has 6 heteroatoms. The normalized spacial score (nSPS) is 25.8. The Hall–Kier alpha value is -1.02. The summed E-state index contributed by atoms with van der Waals surface area (Å²) < 4.78 is 5.46. The highest BCUT2D eigenvalue weighted by Crippen LogP contribution is 2.38. The molecular formula is C22H35IN4O. The zero-order valence-corrected chi connectivity index (χ0v) is 19.4. The van der Waals surface area contributed by atoms with E-state index in [0.717, 1.165) is 61.3 Å². The van der Waals surface area contributed by atoms with Gasteiger partial charge in [-0.2, -0.15) is 0 Å². The fraction of sp³-hybridized carbons (Fsp3) is 0.682. The van der Waals surface area contributed by atoms with Crippen LogP contribution >= 0.6 is 24.0 Å². The van der Waals surface area contributed by atoms with Crippen molar-refractivity contribution < 1.29 is 4.42 Å². The van der Waals surface area contributed by atoms with Crippen molar-refractivity contribution in [3.63, 3.8) is 0 Å². The molecule has 3 fully saturated rings. The fourth-order valence-corrected chi connectivity index (χ4v) is 4.72. The molecule has 0 radical (unpaired) electrons. The number of hydrogen-bond acceptors (Lipinski definition) is 3. The van der Waals surface area contributed by atoms with Crippen molar-refractivity contribution in [3.8, 4) is 0 Å². The van der Waals surface area contributed by atoms with Crippen molar-refractivity contribution >= 4 is 29.9 Å². The van der Waals surface area contributed by atoms with E-state index in [2.05, 4.69) is 21.7 Å². The molecule has 0 spiro atoms. The number of likely N-dealkylation sites (tertiary alicyclic amines) is 2. The first-order valence-corrected chi connectivity index (χ1v) is 10.7. The Balaban J connectivity index is 0.00000225. The van der Waals surface area contributed by atoms with Gasteiger partial charge in [0.25, 0.3) is 0 Å². The minimum Gasteiger partial charge on any atom is -0.469 e. The van der Waals surface area contributed by atoms with Crippen LogP contribution < -0.4 is 5.32 Å². The van der Waals surface area contributed by atoms with Crippen molar-refractivity contribution in [1.29, 1.82) is 0 Å². The van der Waals surface area contributed by atoms with Crippen LogP contribution in [0.5, 0.6) is 0 Å². The summed E-state index contributed by atoms with van der Waals surface area (Å²) in [5.74, 6) is 2.86. The second-order valence-electron chi connectivity index (χ2n) is 8.53. The number of guanidine groups is 1. The van der Waals surface area contributed by atoms with Crippen LogP contribution in [-0.2, 0) is 6.42 Å². The van der Waals surface area contributed by atoms with E-state index in [-0.39, 0.29) is 24.0 Å². The van der Waals surface area contributed by atoms with Gasteiger partial charge in [0.05, 0.1) is 12.8 Å². The molecule has 1 aliphatic carbocycles. The summed E-state index contributed by atoms with van der Waals surface area (Å²) in [7, 11) is 0. The SMILES string of the molecule is C=C(C)CN=C(NCCc1ccco1)N1CCC2C(CCCN2C2CC2)C1.I. The number of piperidine rings is 2. The van der Waals surface area contributed by atoms with Gasteiger partial charge in [0.15, 0.2) is 5.96 Å². The maximum Gasteiger partial charge on any atom is 0.194 e. The average molecular weight is 498 g/mol. The molecule has 4 rings (SSSR count). The second-order valence-corrected chi connectivity index (χ2v) is 8.53. The topological polar surface area (TPSA) is 44.0 Å². The number of furan rings is 1. The van der Waals surface area contributed by atoms with Crippen LogP contribution in [0.15, 0.2) is 40.0 Å². The zero-order chi connectivity index (χ0) is 18.6. The van der Waals surface area contributed by atoms with Gasteiger partial charge in [0.1, 0.15) is 5.76 Å². The first-order chi connectivity index (χ1) is 13.2. The minimum absolute atomic E-state index is 0. The minimum atomic E-state index is 0. The van der Waals surface area contributed by atoms with Crippen LogP contribution in [0.4, 0.5) is 0 Å². The van der Waals surface area contributed by atoms with Crippen molar-refractivity contribution in [1.82, 2.24) is 15.1 Å². The molecular weight excluding hydrogens is 463 g/mol. The van der Waals surface area contributed by atoms with Gasteiger partial charge in [-0.3, -0.25) is 4.90 Å². The maximum absolute atomic E-state index is 5.46. The summed E-state index contributed by atoms with van der Waals surface area (Å²) in [4.78, 5) is 10.2. The summed E-state index contributed by atoms with van der Waals surface area (Å²) in [6, 6.07) is 5.68. The third-order valence-corrected chi connectivity index (χ3v) is 6.16. The van der Waals surface area contributed by atoms with Gasteiger partial charge in [-0.1, -0.05) is 12.2 Å². The van der Waals surface area contributed by atoms with E-state index >= 15 is 0 Å². The van der Waals surface area contributed by atoms with Gasteiger partial charge in [0, 0.05) is 38.1 Å². The van der Waals surface area contributed by atoms with Crippen molar-refractivity contribution in [2.75, 3.05) is 32.7 Å². The summed E-state index contributed by atoms with van der Waals surface area (Å²) in [6.45, 7) is 11.2. The Bertz CT molecular complexity index is 656. The molecule has 2 aliphatic heterocycles. The van der Waals surface area contributed by atoms with Crippen LogP contribution in [0.1, 0.15) is 44.8 Å². The standard InChI is InChI=1S/C22H34N4O.HI/c1-17(2)15-24-22(23-11-9-20-6-4-14-27-20)25-13-10-21-18(16-25)5-3-12-26(21)19-7-8-19;/h4,6,14,18-19,21H,1,3,5,7-13,15-16H2,2H3,(H,23,24);1H. The first-order valence-electron chi connectivity index (χ1n) is 10.7. The molecule has 1 aromatic rings. The zero-order valence-electron chi connectivity index (χ0n) is 17.1. The Morgan fingerprint density at radius 1 is 1.29 bits per heavy atom. The van der Waals surface area contributed by atoms with Gasteiger partial charge in [-0.05, 0) is 63.6 Å². The molecule has 5 nitrogen and oxygen atoms in total. The first kappa shape index (κ1) is 21.7. The smallest absolute Gasteiger partial charge is 0.194 e. The molecule has 2 atom stereocenters. The molecule has 3 heterocycles. The highest BCUT2D eigenvalue weighted by Gasteiger charge is 2.42. The van der Waals surface area contributed by atoms with Crippen molar-refractivity contribution in [2.45, 2.75) is 57.5 Å². The number of nitrogens with one attached hydrogen (secondary N) is 1. The molecule has 0 amide bonds. The lowest BCUT2D eigenvalue weighted by atomic mass is 9.83. The van der Waals surface area contributed by atoms with Crippen LogP contribution in [0.25, 0.3) is 0 Å². The molecule has 2 unspecified atom stereocenters. The molecule has 2 saturated heterocycles. The third kappa shape index (κ3) is 5.53. The van der Waals surface area contributed by atoms with Crippen molar-refractivity contribution in [2.24, 2.45) is 10.9 Å². The Morgan fingerprint density at radius 3 is 2.86 bits per heavy atom. The lowest BCUT2D eigenvalue weighted by molar-refractivity contribution is 0.0370. The number of rotatable bonds is 6. The van der Waals surface area contributed by atoms with Gasteiger partial charge in [-0.25, -0.2) is 4.99 Å². The molecule has 3 aliphatic rings. The van der Waals surface area contributed by atoms with E-state index in [0.29, 0.717) is 6.54 Å². The summed E-state index contributed by atoms with van der Waals surface area (Å²) in [5, 5.41) is 3.59. The molecule has 1 aromatic heterocycles. The Kier molecular flexibility index (Phi) is 7.85. The number of aliphatic imine (C=N–C) groups is 1. The molecule has 1 N–H and O–H groups in total. The van der Waals surface area contributed by atoms with E-state index in [9.17, 15) is 0 Å². The van der Waals surface area contributed by atoms with E-state index in [4.69, 9.17) is 9.41 Å². The third-order valence-electron chi connectivity index (χ3n) is 6.16. The molecule has 28 heavy (non-hydrogen) atoms. The highest BCUT2D eigenvalue weighted by molar-refractivity contribution is 14.0. The van der Waals surface area contributed by atoms with E-state index in [1.54, 1.807) is 6.26 Å². The summed E-state index contributed by atoms with van der Waals surface area (Å²) in [5.41, 5.74) is 1.10. The van der Waals surface area contributed by atoms with Crippen molar-refractivity contribution in [3.05, 3.63) is 36.3 Å². The molecule has 156 valence electrons. The number of halogens is 1. The van der Waals surface area contributed by atoms with E-state index in [1.165, 1.54) is 38.6 Å². The highest BCUT2D eigenvalue weighted by atomic mass is 127. The van der Waals surface area contributed by atoms with Gasteiger partial charge < -0.3 is 14.6 Å². The van der Waals surface area contributed by atoms with E-state index in [1.807, 2.05) is 19.1 Å². The van der Waals surface area contributed by atoms with Crippen LogP contribution in [-0.4, -0.2) is 60.6 Å². The Labute approximate surface area is 186 Å². The van der Waals surface area contributed by atoms with Crippen LogP contribution in [0.2, 0.25) is 0 Å². The Morgan fingerprint density at radius 2 is 2.14 bits per heavy atom. The van der Waals surface area contributed by atoms with Gasteiger partial charge in [0.2, 0.25) is 0 Å². The largest absolute Gasteiger partial charge is 0.469 e. The molecule has 0 aromatic carbocycles. The van der Waals surface area contributed by atoms with Crippen LogP contribution in [0, 0.1) is 5.92 Å². The number of hydrogen-bond donors (Lipinski definition) is 1.